The first-order valence-electron chi connectivity index (χ1n) is 6.13. The van der Waals surface area contributed by atoms with Gasteiger partial charge in [-0.15, -0.1) is 0 Å². The second kappa shape index (κ2) is 5.66. The van der Waals surface area contributed by atoms with Crippen molar-refractivity contribution < 1.29 is 13.3 Å². The maximum atomic E-state index is 11.5. The number of rotatable bonds is 4. The quantitative estimate of drug-likeness (QED) is 0.664. The number of nitro groups is 1. The van der Waals surface area contributed by atoms with E-state index in [1.807, 2.05) is 0 Å². The topological polar surface area (TPSA) is 89.3 Å². The number of benzene rings is 1. The van der Waals surface area contributed by atoms with Crippen molar-refractivity contribution in [1.82, 2.24) is 5.32 Å². The van der Waals surface area contributed by atoms with E-state index in [0.717, 1.165) is 12.0 Å². The maximum Gasteiger partial charge on any atom is 0.269 e. The molecule has 1 fully saturated rings. The molecule has 1 heterocycles. The molecule has 0 aliphatic carbocycles. The Morgan fingerprint density at radius 3 is 2.58 bits per heavy atom. The Bertz CT molecular complexity index is 554. The standard InChI is InChI=1S/C12H16N2O4S/c15-14(16)12-5-3-10(4-6-12)8-13-11-2-1-7-19(17,18)9-11/h3-6,11,13H,1-2,7-9H2. The Kier molecular flexibility index (Phi) is 4.16. The van der Waals surface area contributed by atoms with Crippen LogP contribution in [-0.4, -0.2) is 30.9 Å². The van der Waals surface area contributed by atoms with Crippen molar-refractivity contribution in [2.45, 2.75) is 25.4 Å². The molecule has 0 amide bonds. The van der Waals surface area contributed by atoms with Crippen LogP contribution < -0.4 is 5.32 Å². The number of hydrogen-bond donors (Lipinski definition) is 1. The molecule has 0 saturated carbocycles. The summed E-state index contributed by atoms with van der Waals surface area (Å²) in [5.41, 5.74) is 0.970. The van der Waals surface area contributed by atoms with Crippen molar-refractivity contribution in [3.05, 3.63) is 39.9 Å². The van der Waals surface area contributed by atoms with Gasteiger partial charge in [0.05, 0.1) is 16.4 Å². The third-order valence-corrected chi connectivity index (χ3v) is 5.03. The number of sulfone groups is 1. The van der Waals surface area contributed by atoms with Gasteiger partial charge in [0.1, 0.15) is 0 Å². The first-order chi connectivity index (χ1) is 8.96. The van der Waals surface area contributed by atoms with E-state index in [2.05, 4.69) is 5.32 Å². The number of nitro benzene ring substituents is 1. The molecular formula is C12H16N2O4S. The zero-order valence-corrected chi connectivity index (χ0v) is 11.2. The van der Waals surface area contributed by atoms with Crippen LogP contribution in [0.2, 0.25) is 0 Å². The van der Waals surface area contributed by atoms with E-state index in [4.69, 9.17) is 0 Å². The molecule has 6 nitrogen and oxygen atoms in total. The van der Waals surface area contributed by atoms with Gasteiger partial charge in [-0.05, 0) is 18.4 Å². The van der Waals surface area contributed by atoms with Crippen LogP contribution in [0.1, 0.15) is 18.4 Å². The second-order valence-electron chi connectivity index (χ2n) is 4.76. The number of nitrogens with zero attached hydrogens (tertiary/aromatic N) is 1. The van der Waals surface area contributed by atoms with E-state index in [0.29, 0.717) is 13.0 Å². The molecule has 0 bridgehead atoms. The molecule has 1 N–H and O–H groups in total. The van der Waals surface area contributed by atoms with Gasteiger partial charge in [-0.2, -0.15) is 0 Å². The third-order valence-electron chi connectivity index (χ3n) is 3.21. The molecule has 1 aliphatic rings. The van der Waals surface area contributed by atoms with Gasteiger partial charge in [0.2, 0.25) is 0 Å². The van der Waals surface area contributed by atoms with Crippen molar-refractivity contribution >= 4 is 15.5 Å². The van der Waals surface area contributed by atoms with E-state index in [9.17, 15) is 18.5 Å². The van der Waals surface area contributed by atoms with Crippen molar-refractivity contribution in [1.29, 1.82) is 0 Å². The van der Waals surface area contributed by atoms with Crippen molar-refractivity contribution in [2.75, 3.05) is 11.5 Å². The van der Waals surface area contributed by atoms with Crippen molar-refractivity contribution in [2.24, 2.45) is 0 Å². The summed E-state index contributed by atoms with van der Waals surface area (Å²) in [7, 11) is -2.91. The number of non-ortho nitro benzene ring substituents is 1. The molecule has 0 aromatic heterocycles. The van der Waals surface area contributed by atoms with E-state index in [1.54, 1.807) is 12.1 Å². The van der Waals surface area contributed by atoms with Gasteiger partial charge < -0.3 is 5.32 Å². The van der Waals surface area contributed by atoms with Gasteiger partial charge >= 0.3 is 0 Å². The summed E-state index contributed by atoms with van der Waals surface area (Å²) in [6.45, 7) is 0.526. The summed E-state index contributed by atoms with van der Waals surface area (Å²) in [4.78, 5) is 10.1. The van der Waals surface area contributed by atoms with Crippen LogP contribution in [-0.2, 0) is 16.4 Å². The minimum Gasteiger partial charge on any atom is -0.309 e. The van der Waals surface area contributed by atoms with Crippen LogP contribution in [0.15, 0.2) is 24.3 Å². The molecule has 1 aromatic carbocycles. The van der Waals surface area contributed by atoms with Crippen LogP contribution in [0.25, 0.3) is 0 Å². The van der Waals surface area contributed by atoms with Gasteiger partial charge in [0.15, 0.2) is 9.84 Å². The molecular weight excluding hydrogens is 268 g/mol. The monoisotopic (exact) mass is 284 g/mol. The summed E-state index contributed by atoms with van der Waals surface area (Å²) in [5.74, 6) is 0.461. The molecule has 1 unspecified atom stereocenters. The first kappa shape index (κ1) is 14.0. The van der Waals surface area contributed by atoms with Gasteiger partial charge in [0.25, 0.3) is 5.69 Å². The second-order valence-corrected chi connectivity index (χ2v) is 6.99. The highest BCUT2D eigenvalue weighted by atomic mass is 32.2. The summed E-state index contributed by atoms with van der Waals surface area (Å²) in [5, 5.41) is 13.7. The van der Waals surface area contributed by atoms with Gasteiger partial charge in [-0.25, -0.2) is 8.42 Å². The molecule has 2 rings (SSSR count). The number of hydrogen-bond acceptors (Lipinski definition) is 5. The summed E-state index contributed by atoms with van der Waals surface area (Å²) in [6, 6.07) is 6.25. The Balaban J connectivity index is 1.90. The lowest BCUT2D eigenvalue weighted by Crippen LogP contribution is -2.39. The van der Waals surface area contributed by atoms with Crippen LogP contribution in [0.4, 0.5) is 5.69 Å². The average Bonchev–Trinajstić information content (AvgIpc) is 2.36. The van der Waals surface area contributed by atoms with Gasteiger partial charge in [-0.1, -0.05) is 12.1 Å². The van der Waals surface area contributed by atoms with Gasteiger partial charge in [-0.3, -0.25) is 10.1 Å². The van der Waals surface area contributed by atoms with Crippen molar-refractivity contribution in [3.63, 3.8) is 0 Å². The SMILES string of the molecule is O=[N+]([O-])c1ccc(CNC2CCCS(=O)(=O)C2)cc1. The molecule has 0 radical (unpaired) electrons. The molecule has 104 valence electrons. The Morgan fingerprint density at radius 1 is 1.32 bits per heavy atom. The van der Waals surface area contributed by atoms with Crippen LogP contribution in [0.3, 0.4) is 0 Å². The Labute approximate surface area is 111 Å². The predicted octanol–water partition coefficient (Wildman–Crippen LogP) is 1.26. The minimum atomic E-state index is -2.91. The lowest BCUT2D eigenvalue weighted by atomic mass is 10.1. The largest absolute Gasteiger partial charge is 0.309 e. The van der Waals surface area contributed by atoms with Crippen LogP contribution in [0.5, 0.6) is 0 Å². The predicted molar refractivity (Wildman–Crippen MR) is 71.6 cm³/mol. The molecule has 1 aromatic rings. The van der Waals surface area contributed by atoms with Crippen LogP contribution in [0, 0.1) is 10.1 Å². The van der Waals surface area contributed by atoms with E-state index >= 15 is 0 Å². The highest BCUT2D eigenvalue weighted by Crippen LogP contribution is 2.14. The maximum absolute atomic E-state index is 11.5. The van der Waals surface area contributed by atoms with E-state index in [-0.39, 0.29) is 23.2 Å². The molecule has 0 spiro atoms. The highest BCUT2D eigenvalue weighted by molar-refractivity contribution is 7.91. The van der Waals surface area contributed by atoms with Crippen LogP contribution >= 0.6 is 0 Å². The first-order valence-corrected chi connectivity index (χ1v) is 7.95. The van der Waals surface area contributed by atoms with E-state index < -0.39 is 14.8 Å². The molecule has 1 aliphatic heterocycles. The fraction of sp³-hybridized carbons (Fsp3) is 0.500. The van der Waals surface area contributed by atoms with Gasteiger partial charge in [0, 0.05) is 24.7 Å². The lowest BCUT2D eigenvalue weighted by Gasteiger charge is -2.23. The smallest absolute Gasteiger partial charge is 0.269 e. The fourth-order valence-electron chi connectivity index (χ4n) is 2.18. The lowest BCUT2D eigenvalue weighted by molar-refractivity contribution is -0.384. The third kappa shape index (κ3) is 4.00. The molecule has 1 atom stereocenters. The summed E-state index contributed by atoms with van der Waals surface area (Å²) < 4.78 is 23.0. The zero-order chi connectivity index (χ0) is 13.9. The summed E-state index contributed by atoms with van der Waals surface area (Å²) >= 11 is 0. The van der Waals surface area contributed by atoms with Crippen molar-refractivity contribution in [3.8, 4) is 0 Å². The number of nitrogens with one attached hydrogen (secondary N) is 1. The molecule has 7 heteroatoms. The fourth-order valence-corrected chi connectivity index (χ4v) is 3.85. The molecule has 1 saturated heterocycles. The Hall–Kier alpha value is -1.47. The average molecular weight is 284 g/mol. The molecule has 19 heavy (non-hydrogen) atoms. The Morgan fingerprint density at radius 2 is 2.00 bits per heavy atom. The van der Waals surface area contributed by atoms with E-state index in [1.165, 1.54) is 12.1 Å². The summed E-state index contributed by atoms with van der Waals surface area (Å²) in [6.07, 6.45) is 1.55. The zero-order valence-electron chi connectivity index (χ0n) is 10.4. The highest BCUT2D eigenvalue weighted by Gasteiger charge is 2.24. The minimum absolute atomic E-state index is 0.0195. The normalized spacial score (nSPS) is 22.0.